The Hall–Kier alpha value is -1.91. The Labute approximate surface area is 67.9 Å². The number of nitrogen functional groups attached to an aromatic ring is 1. The number of nitrogens with two attached hydrogens (primary N) is 1. The zero-order chi connectivity index (χ0) is 8.55. The molecule has 0 atom stereocenters. The van der Waals surface area contributed by atoms with E-state index in [2.05, 4.69) is 9.97 Å². The second-order valence-corrected chi connectivity index (χ2v) is 2.33. The van der Waals surface area contributed by atoms with Gasteiger partial charge in [0.15, 0.2) is 17.8 Å². The Kier molecular flexibility index (Phi) is 1.30. The van der Waals surface area contributed by atoms with Gasteiger partial charge < -0.3 is 10.1 Å². The van der Waals surface area contributed by atoms with Crippen LogP contribution < -0.4 is 5.73 Å². The lowest BCUT2D eigenvalue weighted by atomic mass is 10.5. The first-order valence-corrected chi connectivity index (χ1v) is 3.35. The quantitative estimate of drug-likeness (QED) is 0.604. The second kappa shape index (κ2) is 2.30. The van der Waals surface area contributed by atoms with E-state index in [1.165, 1.54) is 0 Å². The average molecular weight is 162 g/mol. The first kappa shape index (κ1) is 6.78. The van der Waals surface area contributed by atoms with Gasteiger partial charge in [0, 0.05) is 18.6 Å². The van der Waals surface area contributed by atoms with E-state index in [0.29, 0.717) is 23.4 Å². The number of nitrogens with zero attached hydrogens (tertiary/aromatic N) is 3. The van der Waals surface area contributed by atoms with E-state index in [1.54, 1.807) is 23.0 Å². The second-order valence-electron chi connectivity index (χ2n) is 2.33. The summed E-state index contributed by atoms with van der Waals surface area (Å²) >= 11 is 0. The molecule has 2 N–H and O–H groups in total. The SMILES string of the molecule is Nc1nccn2cc(C=O)nc12. The molecule has 0 unspecified atom stereocenters. The van der Waals surface area contributed by atoms with Crippen LogP contribution in [0.15, 0.2) is 18.6 Å². The Bertz CT molecular complexity index is 434. The molecule has 2 aromatic rings. The lowest BCUT2D eigenvalue weighted by Crippen LogP contribution is -1.94. The highest BCUT2D eigenvalue weighted by atomic mass is 16.1. The number of imidazole rings is 1. The van der Waals surface area contributed by atoms with Gasteiger partial charge in [0.1, 0.15) is 5.69 Å². The lowest BCUT2D eigenvalue weighted by molar-refractivity contribution is 0.111. The number of anilines is 1. The van der Waals surface area contributed by atoms with Gasteiger partial charge in [0.2, 0.25) is 0 Å². The summed E-state index contributed by atoms with van der Waals surface area (Å²) in [6.07, 6.45) is 5.51. The van der Waals surface area contributed by atoms with Crippen molar-refractivity contribution < 1.29 is 4.79 Å². The van der Waals surface area contributed by atoms with Crippen LogP contribution in [0.2, 0.25) is 0 Å². The largest absolute Gasteiger partial charge is 0.381 e. The maximum absolute atomic E-state index is 10.4. The Morgan fingerprint density at radius 1 is 1.58 bits per heavy atom. The summed E-state index contributed by atoms with van der Waals surface area (Å²) in [5.41, 5.74) is 6.38. The van der Waals surface area contributed by atoms with Crippen molar-refractivity contribution >= 4 is 17.8 Å². The first-order chi connectivity index (χ1) is 5.81. The van der Waals surface area contributed by atoms with Crippen molar-refractivity contribution in [1.29, 1.82) is 0 Å². The van der Waals surface area contributed by atoms with Crippen molar-refractivity contribution in [2.24, 2.45) is 0 Å². The first-order valence-electron chi connectivity index (χ1n) is 3.35. The van der Waals surface area contributed by atoms with Crippen LogP contribution >= 0.6 is 0 Å². The smallest absolute Gasteiger partial charge is 0.180 e. The summed E-state index contributed by atoms with van der Waals surface area (Å²) in [4.78, 5) is 18.1. The molecular formula is C7H6N4O. The number of fused-ring (bicyclic) bond motifs is 1. The highest BCUT2D eigenvalue weighted by molar-refractivity contribution is 5.75. The van der Waals surface area contributed by atoms with Gasteiger partial charge in [-0.1, -0.05) is 0 Å². The minimum Gasteiger partial charge on any atom is -0.381 e. The fourth-order valence-corrected chi connectivity index (χ4v) is 1.02. The Balaban J connectivity index is 2.82. The number of aldehydes is 1. The number of carbonyl (C=O) groups is 1. The molecule has 0 radical (unpaired) electrons. The molecule has 0 fully saturated rings. The van der Waals surface area contributed by atoms with Crippen LogP contribution in [0.1, 0.15) is 10.5 Å². The molecule has 60 valence electrons. The zero-order valence-electron chi connectivity index (χ0n) is 6.14. The van der Waals surface area contributed by atoms with Crippen molar-refractivity contribution in [2.45, 2.75) is 0 Å². The highest BCUT2D eigenvalue weighted by Crippen LogP contribution is 2.07. The summed E-state index contributed by atoms with van der Waals surface area (Å²) in [7, 11) is 0. The molecule has 0 aliphatic rings. The van der Waals surface area contributed by atoms with Gasteiger partial charge >= 0.3 is 0 Å². The van der Waals surface area contributed by atoms with Crippen molar-refractivity contribution in [3.63, 3.8) is 0 Å². The van der Waals surface area contributed by atoms with E-state index < -0.39 is 0 Å². The van der Waals surface area contributed by atoms with E-state index >= 15 is 0 Å². The normalized spacial score (nSPS) is 10.3. The van der Waals surface area contributed by atoms with Crippen molar-refractivity contribution in [1.82, 2.24) is 14.4 Å². The van der Waals surface area contributed by atoms with E-state index in [4.69, 9.17) is 5.73 Å². The van der Waals surface area contributed by atoms with Crippen LogP contribution in [0, 0.1) is 0 Å². The average Bonchev–Trinajstić information content (AvgIpc) is 2.49. The van der Waals surface area contributed by atoms with Crippen LogP contribution in [-0.4, -0.2) is 20.7 Å². The summed E-state index contributed by atoms with van der Waals surface area (Å²) in [6, 6.07) is 0. The van der Waals surface area contributed by atoms with E-state index in [0.717, 1.165) is 0 Å². The number of aromatic nitrogens is 3. The van der Waals surface area contributed by atoms with Gasteiger partial charge in [-0.15, -0.1) is 0 Å². The Morgan fingerprint density at radius 3 is 3.08 bits per heavy atom. The number of hydrogen-bond donors (Lipinski definition) is 1. The maximum atomic E-state index is 10.4. The predicted octanol–water partition coefficient (Wildman–Crippen LogP) is 0.124. The van der Waals surface area contributed by atoms with Crippen LogP contribution in [0.3, 0.4) is 0 Å². The van der Waals surface area contributed by atoms with E-state index in [9.17, 15) is 4.79 Å². The third-order valence-electron chi connectivity index (χ3n) is 1.54. The molecule has 0 aliphatic carbocycles. The maximum Gasteiger partial charge on any atom is 0.180 e. The molecule has 0 saturated heterocycles. The fraction of sp³-hybridized carbons (Fsp3) is 0. The van der Waals surface area contributed by atoms with E-state index in [-0.39, 0.29) is 0 Å². The minimum absolute atomic E-state index is 0.325. The monoisotopic (exact) mass is 162 g/mol. The molecule has 2 rings (SSSR count). The van der Waals surface area contributed by atoms with Crippen LogP contribution in [0.25, 0.3) is 5.65 Å². The predicted molar refractivity (Wildman–Crippen MR) is 42.8 cm³/mol. The minimum atomic E-state index is 0.325. The molecule has 2 aromatic heterocycles. The molecule has 0 amide bonds. The molecule has 2 heterocycles. The molecule has 12 heavy (non-hydrogen) atoms. The lowest BCUT2D eigenvalue weighted by Gasteiger charge is -1.92. The van der Waals surface area contributed by atoms with Gasteiger partial charge in [-0.3, -0.25) is 4.79 Å². The zero-order valence-corrected chi connectivity index (χ0v) is 6.14. The van der Waals surface area contributed by atoms with Crippen molar-refractivity contribution in [3.05, 3.63) is 24.3 Å². The van der Waals surface area contributed by atoms with Gasteiger partial charge in [-0.25, -0.2) is 9.97 Å². The summed E-state index contributed by atoms with van der Waals surface area (Å²) < 4.78 is 1.66. The standard InChI is InChI=1S/C7H6N4O/c8-6-7-10-5(4-12)3-11(7)2-1-9-6/h1-4H,(H2,8,9). The Morgan fingerprint density at radius 2 is 2.42 bits per heavy atom. The molecule has 0 aliphatic heterocycles. The molecule has 0 spiro atoms. The third-order valence-corrected chi connectivity index (χ3v) is 1.54. The molecule has 0 saturated carbocycles. The highest BCUT2D eigenvalue weighted by Gasteiger charge is 2.02. The van der Waals surface area contributed by atoms with Crippen molar-refractivity contribution in [2.75, 3.05) is 5.73 Å². The van der Waals surface area contributed by atoms with Crippen LogP contribution in [-0.2, 0) is 0 Å². The molecule has 5 nitrogen and oxygen atoms in total. The van der Waals surface area contributed by atoms with Gasteiger partial charge in [0.05, 0.1) is 0 Å². The number of carbonyl (C=O) groups excluding carboxylic acids is 1. The fourth-order valence-electron chi connectivity index (χ4n) is 1.02. The molecular weight excluding hydrogens is 156 g/mol. The van der Waals surface area contributed by atoms with Crippen LogP contribution in [0.5, 0.6) is 0 Å². The third kappa shape index (κ3) is 0.833. The van der Waals surface area contributed by atoms with Crippen LogP contribution in [0.4, 0.5) is 5.82 Å². The molecule has 5 heteroatoms. The van der Waals surface area contributed by atoms with E-state index in [1.807, 2.05) is 0 Å². The van der Waals surface area contributed by atoms with Gasteiger partial charge in [0.25, 0.3) is 0 Å². The topological polar surface area (TPSA) is 73.3 Å². The molecule has 0 aromatic carbocycles. The summed E-state index contributed by atoms with van der Waals surface area (Å²) in [5, 5.41) is 0. The van der Waals surface area contributed by atoms with Crippen molar-refractivity contribution in [3.8, 4) is 0 Å². The van der Waals surface area contributed by atoms with Gasteiger partial charge in [-0.05, 0) is 0 Å². The van der Waals surface area contributed by atoms with Gasteiger partial charge in [-0.2, -0.15) is 0 Å². The number of rotatable bonds is 1. The molecule has 0 bridgehead atoms. The number of hydrogen-bond acceptors (Lipinski definition) is 4. The summed E-state index contributed by atoms with van der Waals surface area (Å²) in [5.74, 6) is 0.325. The summed E-state index contributed by atoms with van der Waals surface area (Å²) in [6.45, 7) is 0.